The molecule has 106 valence electrons. The summed E-state index contributed by atoms with van der Waals surface area (Å²) in [5.74, 6) is 0.909. The van der Waals surface area contributed by atoms with Crippen LogP contribution in [-0.4, -0.2) is 5.78 Å². The van der Waals surface area contributed by atoms with Gasteiger partial charge in [0, 0.05) is 5.92 Å². The van der Waals surface area contributed by atoms with E-state index < -0.39 is 0 Å². The van der Waals surface area contributed by atoms with E-state index in [2.05, 4.69) is 15.9 Å². The fraction of sp³-hybridized carbons (Fsp3) is 0.471. The molecule has 0 amide bonds. The lowest BCUT2D eigenvalue weighted by atomic mass is 9.88. The van der Waals surface area contributed by atoms with Crippen molar-refractivity contribution in [1.82, 2.24) is 0 Å². The monoisotopic (exact) mass is 336 g/mol. The first-order chi connectivity index (χ1) is 9.65. The highest BCUT2D eigenvalue weighted by Crippen LogP contribution is 2.40. The Kier molecular flexibility index (Phi) is 4.06. The average Bonchev–Trinajstić information content (AvgIpc) is 3.05. The number of carbonyl (C=O) groups is 1. The Morgan fingerprint density at radius 3 is 2.65 bits per heavy atom. The van der Waals surface area contributed by atoms with Crippen molar-refractivity contribution in [3.8, 4) is 0 Å². The molecule has 0 bridgehead atoms. The summed E-state index contributed by atoms with van der Waals surface area (Å²) in [5.41, 5.74) is 1.81. The minimum absolute atomic E-state index is 0.243. The molecule has 2 fully saturated rings. The van der Waals surface area contributed by atoms with Gasteiger partial charge in [-0.1, -0.05) is 18.9 Å². The molecule has 1 aromatic carbocycles. The summed E-state index contributed by atoms with van der Waals surface area (Å²) in [6.45, 7) is 0. The average molecular weight is 337 g/mol. The number of halogens is 2. The summed E-state index contributed by atoms with van der Waals surface area (Å²) in [5, 5.41) is 0. The second-order valence-corrected chi connectivity index (χ2v) is 6.75. The molecule has 2 saturated carbocycles. The van der Waals surface area contributed by atoms with Gasteiger partial charge in [0.25, 0.3) is 0 Å². The smallest absolute Gasteiger partial charge is 0.162 e. The summed E-state index contributed by atoms with van der Waals surface area (Å²) in [4.78, 5) is 12.5. The highest BCUT2D eigenvalue weighted by Gasteiger charge is 2.36. The summed E-state index contributed by atoms with van der Waals surface area (Å²) < 4.78 is 13.7. The van der Waals surface area contributed by atoms with E-state index in [1.807, 2.05) is 6.08 Å². The molecule has 1 unspecified atom stereocenters. The van der Waals surface area contributed by atoms with Crippen LogP contribution in [0.5, 0.6) is 0 Å². The molecule has 0 heterocycles. The highest BCUT2D eigenvalue weighted by molar-refractivity contribution is 9.10. The number of ketones is 1. The van der Waals surface area contributed by atoms with Crippen LogP contribution in [0.15, 0.2) is 28.2 Å². The number of benzene rings is 1. The zero-order valence-corrected chi connectivity index (χ0v) is 13.0. The maximum absolute atomic E-state index is 13.2. The molecule has 1 nitrogen and oxygen atoms in total. The molecule has 1 aromatic rings. The van der Waals surface area contributed by atoms with Crippen LogP contribution in [0.25, 0.3) is 6.08 Å². The van der Waals surface area contributed by atoms with Gasteiger partial charge < -0.3 is 0 Å². The van der Waals surface area contributed by atoms with Gasteiger partial charge in [-0.05, 0) is 76.9 Å². The van der Waals surface area contributed by atoms with Crippen molar-refractivity contribution in [2.45, 2.75) is 38.5 Å². The number of carbonyl (C=O) groups excluding carboxylic acids is 1. The zero-order chi connectivity index (χ0) is 14.1. The Morgan fingerprint density at radius 2 is 1.95 bits per heavy atom. The van der Waals surface area contributed by atoms with Gasteiger partial charge in [-0.2, -0.15) is 0 Å². The molecule has 0 aliphatic heterocycles. The van der Waals surface area contributed by atoms with E-state index in [0.29, 0.717) is 16.2 Å². The topological polar surface area (TPSA) is 17.1 Å². The second-order valence-electron chi connectivity index (χ2n) is 5.90. The van der Waals surface area contributed by atoms with Crippen LogP contribution in [0.3, 0.4) is 0 Å². The Labute approximate surface area is 127 Å². The summed E-state index contributed by atoms with van der Waals surface area (Å²) in [6, 6.07) is 4.89. The summed E-state index contributed by atoms with van der Waals surface area (Å²) in [7, 11) is 0. The van der Waals surface area contributed by atoms with Crippen molar-refractivity contribution >= 4 is 27.8 Å². The maximum atomic E-state index is 13.2. The third kappa shape index (κ3) is 2.73. The summed E-state index contributed by atoms with van der Waals surface area (Å²) in [6.07, 6.45) is 8.78. The van der Waals surface area contributed by atoms with Crippen LogP contribution < -0.4 is 0 Å². The third-order valence-electron chi connectivity index (χ3n) is 4.63. The van der Waals surface area contributed by atoms with Crippen molar-refractivity contribution in [2.24, 2.45) is 11.8 Å². The lowest BCUT2D eigenvalue weighted by molar-refractivity contribution is -0.119. The number of hydrogen-bond donors (Lipinski definition) is 0. The van der Waals surface area contributed by atoms with E-state index in [0.717, 1.165) is 24.0 Å². The van der Waals surface area contributed by atoms with Gasteiger partial charge in [0.05, 0.1) is 4.47 Å². The maximum Gasteiger partial charge on any atom is 0.162 e. The molecule has 3 heteroatoms. The van der Waals surface area contributed by atoms with Crippen molar-refractivity contribution in [3.63, 3.8) is 0 Å². The number of allylic oxidation sites excluding steroid dienone is 1. The van der Waals surface area contributed by atoms with Gasteiger partial charge in [-0.15, -0.1) is 0 Å². The Balaban J connectivity index is 1.78. The van der Waals surface area contributed by atoms with E-state index in [4.69, 9.17) is 0 Å². The van der Waals surface area contributed by atoms with E-state index in [-0.39, 0.29) is 11.7 Å². The normalized spacial score (nSPS) is 25.8. The fourth-order valence-corrected chi connectivity index (χ4v) is 3.96. The van der Waals surface area contributed by atoms with Crippen LogP contribution in [0, 0.1) is 17.7 Å². The lowest BCUT2D eigenvalue weighted by Crippen LogP contribution is -2.16. The van der Waals surface area contributed by atoms with Crippen LogP contribution in [-0.2, 0) is 4.79 Å². The lowest BCUT2D eigenvalue weighted by Gasteiger charge is -2.15. The Morgan fingerprint density at radius 1 is 1.20 bits per heavy atom. The number of hydrogen-bond acceptors (Lipinski definition) is 1. The second kappa shape index (κ2) is 5.80. The molecule has 0 aromatic heterocycles. The van der Waals surface area contributed by atoms with Crippen LogP contribution in [0.1, 0.15) is 44.1 Å². The molecule has 1 atom stereocenters. The van der Waals surface area contributed by atoms with Gasteiger partial charge in [0.15, 0.2) is 5.78 Å². The number of rotatable bonds is 2. The van der Waals surface area contributed by atoms with Crippen LogP contribution >= 0.6 is 15.9 Å². The van der Waals surface area contributed by atoms with Crippen molar-refractivity contribution in [3.05, 3.63) is 39.6 Å². The van der Waals surface area contributed by atoms with Gasteiger partial charge >= 0.3 is 0 Å². The van der Waals surface area contributed by atoms with Gasteiger partial charge in [-0.3, -0.25) is 4.79 Å². The fourth-order valence-electron chi connectivity index (χ4n) is 3.56. The molecule has 0 radical (unpaired) electrons. The van der Waals surface area contributed by atoms with Crippen molar-refractivity contribution in [2.75, 3.05) is 0 Å². The first-order valence-electron chi connectivity index (χ1n) is 7.35. The van der Waals surface area contributed by atoms with Crippen LogP contribution in [0.4, 0.5) is 4.39 Å². The highest BCUT2D eigenvalue weighted by atomic mass is 79.9. The minimum atomic E-state index is -0.270. The quantitative estimate of drug-likeness (QED) is 0.683. The molecule has 2 aliphatic carbocycles. The molecule has 0 spiro atoms. The standard InChI is InChI=1S/C17H18BrFO/c18-15-10-11(5-8-16(15)19)9-13-6-7-14(17(13)20)12-3-1-2-4-12/h5,8-10,12,14H,1-4,6-7H2. The first-order valence-corrected chi connectivity index (χ1v) is 8.14. The predicted molar refractivity (Wildman–Crippen MR) is 81.8 cm³/mol. The third-order valence-corrected chi connectivity index (χ3v) is 5.24. The van der Waals surface area contributed by atoms with E-state index in [1.54, 1.807) is 12.1 Å². The molecule has 3 rings (SSSR count). The molecular weight excluding hydrogens is 319 g/mol. The van der Waals surface area contributed by atoms with E-state index in [9.17, 15) is 9.18 Å². The van der Waals surface area contributed by atoms with Crippen molar-refractivity contribution in [1.29, 1.82) is 0 Å². The molecule has 20 heavy (non-hydrogen) atoms. The van der Waals surface area contributed by atoms with Gasteiger partial charge in [-0.25, -0.2) is 4.39 Å². The molecular formula is C17H18BrFO. The van der Waals surface area contributed by atoms with Crippen LogP contribution in [0.2, 0.25) is 0 Å². The first kappa shape index (κ1) is 14.0. The summed E-state index contributed by atoms with van der Waals surface area (Å²) >= 11 is 3.19. The largest absolute Gasteiger partial charge is 0.294 e. The molecule has 2 aliphatic rings. The van der Waals surface area contributed by atoms with E-state index in [1.165, 1.54) is 31.7 Å². The SMILES string of the molecule is O=C1C(=Cc2ccc(F)c(Br)c2)CCC1C1CCCC1. The molecule has 0 saturated heterocycles. The van der Waals surface area contributed by atoms with Gasteiger partial charge in [0.2, 0.25) is 0 Å². The Bertz CT molecular complexity index is 558. The molecule has 0 N–H and O–H groups in total. The van der Waals surface area contributed by atoms with E-state index >= 15 is 0 Å². The Hall–Kier alpha value is -0.960. The zero-order valence-electron chi connectivity index (χ0n) is 11.4. The predicted octanol–water partition coefficient (Wildman–Crippen LogP) is 5.14. The van der Waals surface area contributed by atoms with Gasteiger partial charge in [0.1, 0.15) is 5.82 Å². The minimum Gasteiger partial charge on any atom is -0.294 e. The number of Topliss-reactive ketones (excluding diaryl/α,β-unsaturated/α-hetero) is 1. The van der Waals surface area contributed by atoms with Crippen molar-refractivity contribution < 1.29 is 9.18 Å².